The fourth-order valence-electron chi connectivity index (χ4n) is 5.77. The molecule has 5 rings (SSSR count). The number of nitrogens with zero attached hydrogens (tertiary/aromatic N) is 2. The number of hydrogen-bond donors (Lipinski definition) is 2. The first kappa shape index (κ1) is 25.2. The number of aromatic carboxylic acids is 1. The lowest BCUT2D eigenvalue weighted by atomic mass is 9.62. The summed E-state index contributed by atoms with van der Waals surface area (Å²) in [6, 6.07) is 17.7. The number of fused-ring (bicyclic) bond motifs is 3. The van der Waals surface area contributed by atoms with Gasteiger partial charge in [0.05, 0.1) is 34.9 Å². The standard InChI is InChI=1S/C32H36N2O3/c1-6-15-34-27-12-7-20(19-35)16-26(27)33-29(21-8-10-22(11-9-21)30(36)37)23-17-24-25(18-28(23)34)32(4,5)14-13-31(24,2)3/h7-12,16-18,35H,6,13-15,19H2,1-5H3,(H,36,37). The summed E-state index contributed by atoms with van der Waals surface area (Å²) < 4.78 is 0. The van der Waals surface area contributed by atoms with E-state index in [2.05, 4.69) is 57.7 Å². The van der Waals surface area contributed by atoms with Crippen molar-refractivity contribution in [2.45, 2.75) is 71.3 Å². The van der Waals surface area contributed by atoms with Crippen molar-refractivity contribution in [3.05, 3.63) is 88.0 Å². The van der Waals surface area contributed by atoms with Crippen LogP contribution in [-0.2, 0) is 17.4 Å². The monoisotopic (exact) mass is 496 g/mol. The molecule has 0 unspecified atom stereocenters. The third kappa shape index (κ3) is 4.36. The molecule has 3 aromatic rings. The molecular formula is C32H36N2O3. The van der Waals surface area contributed by atoms with Crippen LogP contribution in [0.5, 0.6) is 0 Å². The van der Waals surface area contributed by atoms with Gasteiger partial charge in [-0.1, -0.05) is 52.8 Å². The van der Waals surface area contributed by atoms with E-state index in [1.807, 2.05) is 24.3 Å². The number of aliphatic hydroxyl groups is 1. The number of carboxylic acids is 1. The maximum absolute atomic E-state index is 11.5. The molecule has 5 nitrogen and oxygen atoms in total. The van der Waals surface area contributed by atoms with E-state index in [1.54, 1.807) is 12.1 Å². The number of carbonyl (C=O) groups is 1. The zero-order valence-electron chi connectivity index (χ0n) is 22.4. The molecule has 0 atom stereocenters. The molecular weight excluding hydrogens is 460 g/mol. The average Bonchev–Trinajstić information content (AvgIpc) is 3.00. The largest absolute Gasteiger partial charge is 0.478 e. The van der Waals surface area contributed by atoms with Gasteiger partial charge in [0.2, 0.25) is 0 Å². The number of aliphatic hydroxyl groups excluding tert-OH is 1. The van der Waals surface area contributed by atoms with E-state index in [0.717, 1.165) is 65.3 Å². The zero-order valence-corrected chi connectivity index (χ0v) is 22.4. The Labute approximate surface area is 219 Å². The minimum Gasteiger partial charge on any atom is -0.478 e. The fraction of sp³-hybridized carbons (Fsp3) is 0.375. The van der Waals surface area contributed by atoms with Crippen LogP contribution in [0.1, 0.15) is 92.1 Å². The molecule has 0 bridgehead atoms. The fourth-order valence-corrected chi connectivity index (χ4v) is 5.77. The third-order valence-electron chi connectivity index (χ3n) is 8.11. The van der Waals surface area contributed by atoms with E-state index in [4.69, 9.17) is 4.99 Å². The van der Waals surface area contributed by atoms with Gasteiger partial charge in [-0.2, -0.15) is 0 Å². The number of benzene rings is 3. The van der Waals surface area contributed by atoms with Crippen LogP contribution in [0.25, 0.3) is 0 Å². The molecule has 0 saturated heterocycles. The van der Waals surface area contributed by atoms with E-state index < -0.39 is 5.97 Å². The average molecular weight is 497 g/mol. The summed E-state index contributed by atoms with van der Waals surface area (Å²) in [6.45, 7) is 12.3. The molecule has 192 valence electrons. The highest BCUT2D eigenvalue weighted by Crippen LogP contribution is 2.50. The van der Waals surface area contributed by atoms with Gasteiger partial charge in [0, 0.05) is 17.7 Å². The molecule has 2 N–H and O–H groups in total. The van der Waals surface area contributed by atoms with Gasteiger partial charge in [0.25, 0.3) is 0 Å². The molecule has 0 spiro atoms. The molecule has 0 amide bonds. The van der Waals surface area contributed by atoms with Crippen LogP contribution in [0.15, 0.2) is 59.6 Å². The zero-order chi connectivity index (χ0) is 26.5. The second-order valence-electron chi connectivity index (χ2n) is 11.7. The van der Waals surface area contributed by atoms with Crippen molar-refractivity contribution >= 4 is 28.7 Å². The lowest BCUT2D eigenvalue weighted by Gasteiger charge is -2.43. The number of hydrogen-bond acceptors (Lipinski definition) is 4. The van der Waals surface area contributed by atoms with Crippen molar-refractivity contribution in [2.24, 2.45) is 4.99 Å². The van der Waals surface area contributed by atoms with Crippen molar-refractivity contribution in [3.63, 3.8) is 0 Å². The second kappa shape index (κ2) is 9.14. The number of carboxylic acid groups (broad SMARTS) is 1. The van der Waals surface area contributed by atoms with E-state index in [9.17, 15) is 15.0 Å². The first-order chi connectivity index (χ1) is 17.6. The molecule has 1 aliphatic heterocycles. The molecule has 0 saturated carbocycles. The van der Waals surface area contributed by atoms with Crippen LogP contribution in [0.4, 0.5) is 17.1 Å². The van der Waals surface area contributed by atoms with E-state index >= 15 is 0 Å². The lowest BCUT2D eigenvalue weighted by Crippen LogP contribution is -2.35. The van der Waals surface area contributed by atoms with E-state index in [-0.39, 0.29) is 23.0 Å². The summed E-state index contributed by atoms with van der Waals surface area (Å²) in [5.41, 5.74) is 9.62. The SMILES string of the molecule is CCCN1c2ccc(CO)cc2N=C(c2ccc(C(=O)O)cc2)c2cc3c(cc21)C(C)(C)CCC3(C)C. The van der Waals surface area contributed by atoms with Crippen molar-refractivity contribution in [1.29, 1.82) is 0 Å². The van der Waals surface area contributed by atoms with Gasteiger partial charge in [-0.05, 0) is 83.2 Å². The molecule has 3 aromatic carbocycles. The summed E-state index contributed by atoms with van der Waals surface area (Å²) in [5.74, 6) is -0.945. The van der Waals surface area contributed by atoms with Gasteiger partial charge in [0.1, 0.15) is 0 Å². The van der Waals surface area contributed by atoms with Crippen LogP contribution in [0.2, 0.25) is 0 Å². The molecule has 37 heavy (non-hydrogen) atoms. The van der Waals surface area contributed by atoms with Crippen LogP contribution in [0.3, 0.4) is 0 Å². The summed E-state index contributed by atoms with van der Waals surface area (Å²) >= 11 is 0. The maximum atomic E-state index is 11.5. The lowest BCUT2D eigenvalue weighted by molar-refractivity contribution is 0.0697. The van der Waals surface area contributed by atoms with Gasteiger partial charge in [-0.25, -0.2) is 9.79 Å². The molecule has 0 aromatic heterocycles. The molecule has 0 radical (unpaired) electrons. The van der Waals surface area contributed by atoms with E-state index in [0.29, 0.717) is 0 Å². The third-order valence-corrected chi connectivity index (χ3v) is 8.11. The highest BCUT2D eigenvalue weighted by Gasteiger charge is 2.39. The summed E-state index contributed by atoms with van der Waals surface area (Å²) in [6.07, 6.45) is 3.22. The Bertz CT molecular complexity index is 1400. The van der Waals surface area contributed by atoms with Crippen LogP contribution >= 0.6 is 0 Å². The first-order valence-corrected chi connectivity index (χ1v) is 13.2. The van der Waals surface area contributed by atoms with E-state index in [1.165, 1.54) is 11.1 Å². The topological polar surface area (TPSA) is 73.1 Å². The second-order valence-corrected chi connectivity index (χ2v) is 11.7. The Morgan fingerprint density at radius 2 is 1.57 bits per heavy atom. The van der Waals surface area contributed by atoms with Gasteiger partial charge >= 0.3 is 5.97 Å². The van der Waals surface area contributed by atoms with Crippen molar-refractivity contribution < 1.29 is 15.0 Å². The Kier molecular flexibility index (Phi) is 6.23. The Morgan fingerprint density at radius 3 is 2.16 bits per heavy atom. The summed E-state index contributed by atoms with van der Waals surface area (Å²) in [5, 5.41) is 19.3. The normalized spacial score (nSPS) is 17.2. The minimum absolute atomic E-state index is 0.0386. The number of anilines is 2. The van der Waals surface area contributed by atoms with Crippen LogP contribution < -0.4 is 4.90 Å². The predicted octanol–water partition coefficient (Wildman–Crippen LogP) is 7.26. The predicted molar refractivity (Wildman–Crippen MR) is 150 cm³/mol. The minimum atomic E-state index is -0.945. The van der Waals surface area contributed by atoms with Gasteiger partial charge in [0.15, 0.2) is 0 Å². The first-order valence-electron chi connectivity index (χ1n) is 13.2. The Balaban J connectivity index is 1.85. The smallest absolute Gasteiger partial charge is 0.335 e. The number of rotatable bonds is 5. The molecule has 5 heteroatoms. The summed E-state index contributed by atoms with van der Waals surface area (Å²) in [4.78, 5) is 19.1. The van der Waals surface area contributed by atoms with Gasteiger partial charge < -0.3 is 15.1 Å². The maximum Gasteiger partial charge on any atom is 0.335 e. The van der Waals surface area contributed by atoms with Crippen molar-refractivity contribution in [2.75, 3.05) is 11.4 Å². The molecule has 1 aliphatic carbocycles. The van der Waals surface area contributed by atoms with Crippen molar-refractivity contribution in [1.82, 2.24) is 0 Å². The highest BCUT2D eigenvalue weighted by atomic mass is 16.4. The molecule has 0 fully saturated rings. The van der Waals surface area contributed by atoms with Crippen LogP contribution in [0, 0.1) is 0 Å². The Hall–Kier alpha value is -3.44. The molecule has 1 heterocycles. The number of aliphatic imine (C=N–C) groups is 1. The Morgan fingerprint density at radius 1 is 0.919 bits per heavy atom. The summed E-state index contributed by atoms with van der Waals surface area (Å²) in [7, 11) is 0. The molecule has 2 aliphatic rings. The van der Waals surface area contributed by atoms with Gasteiger partial charge in [-0.15, -0.1) is 0 Å². The van der Waals surface area contributed by atoms with Crippen LogP contribution in [-0.4, -0.2) is 28.4 Å². The quantitative estimate of drug-likeness (QED) is 0.390. The van der Waals surface area contributed by atoms with Gasteiger partial charge in [-0.3, -0.25) is 0 Å². The highest BCUT2D eigenvalue weighted by molar-refractivity contribution is 6.19. The van der Waals surface area contributed by atoms with Crippen molar-refractivity contribution in [3.8, 4) is 0 Å².